The molecule has 0 spiro atoms. The number of carbonyl (C=O) groups excluding carboxylic acids is 2. The molecule has 1 aliphatic carbocycles. The maximum absolute atomic E-state index is 12.6. The maximum Gasteiger partial charge on any atom is 0.330 e. The Morgan fingerprint density at radius 3 is 2.30 bits per heavy atom. The number of benzene rings is 1. The first-order valence-corrected chi connectivity index (χ1v) is 6.83. The number of nitro benzene ring substituents is 1. The van der Waals surface area contributed by atoms with E-state index in [2.05, 4.69) is 0 Å². The Balaban J connectivity index is 1.99. The molecule has 0 saturated carbocycles. The summed E-state index contributed by atoms with van der Waals surface area (Å²) in [4.78, 5) is 47.5. The van der Waals surface area contributed by atoms with E-state index in [4.69, 9.17) is 0 Å². The molecule has 8 heteroatoms. The molecule has 2 aliphatic rings. The molecule has 23 heavy (non-hydrogen) atoms. The van der Waals surface area contributed by atoms with Crippen LogP contribution in [0.25, 0.3) is 0 Å². The molecule has 1 aromatic carbocycles. The maximum atomic E-state index is 12.6. The van der Waals surface area contributed by atoms with E-state index in [1.165, 1.54) is 19.1 Å². The Kier molecular flexibility index (Phi) is 3.06. The van der Waals surface area contributed by atoms with Gasteiger partial charge in [-0.05, 0) is 19.1 Å². The fraction of sp³-hybridized carbons (Fsp3) is 0.267. The number of fused-ring (bicyclic) bond motifs is 1. The van der Waals surface area contributed by atoms with Gasteiger partial charge in [-0.1, -0.05) is 12.2 Å². The Morgan fingerprint density at radius 2 is 1.87 bits per heavy atom. The van der Waals surface area contributed by atoms with Crippen LogP contribution >= 0.6 is 0 Å². The van der Waals surface area contributed by atoms with Crippen molar-refractivity contribution >= 4 is 23.5 Å². The van der Waals surface area contributed by atoms with Crippen LogP contribution in [0.1, 0.15) is 17.3 Å². The Morgan fingerprint density at radius 1 is 1.26 bits per heavy atom. The fourth-order valence-electron chi connectivity index (χ4n) is 3.04. The van der Waals surface area contributed by atoms with Crippen molar-refractivity contribution in [3.63, 3.8) is 0 Å². The van der Waals surface area contributed by atoms with Crippen LogP contribution in [-0.4, -0.2) is 38.3 Å². The van der Waals surface area contributed by atoms with Crippen LogP contribution in [0.5, 0.6) is 0 Å². The molecule has 3 atom stereocenters. The minimum Gasteiger partial charge on any atom is -0.479 e. The second-order valence-corrected chi connectivity index (χ2v) is 5.67. The SMILES string of the molecule is C[C@@]1(C(=O)O)[C@@H]2C=C[C@@H]2C(=O)N1C(=O)c1ccc([N+](=O)[O-])cc1. The van der Waals surface area contributed by atoms with Crippen LogP contribution in [0.2, 0.25) is 0 Å². The van der Waals surface area contributed by atoms with Gasteiger partial charge in [0.1, 0.15) is 0 Å². The minimum absolute atomic E-state index is 0.0257. The number of hydrogen-bond donors (Lipinski definition) is 1. The number of amides is 2. The molecule has 1 fully saturated rings. The van der Waals surface area contributed by atoms with Gasteiger partial charge in [-0.2, -0.15) is 0 Å². The number of hydrogen-bond acceptors (Lipinski definition) is 5. The number of carboxylic acid groups (broad SMARTS) is 1. The monoisotopic (exact) mass is 316 g/mol. The minimum atomic E-state index is -1.66. The number of nitro groups is 1. The van der Waals surface area contributed by atoms with E-state index in [1.54, 1.807) is 12.2 Å². The topological polar surface area (TPSA) is 118 Å². The standard InChI is InChI=1S/C15H12N2O6/c1-15(14(20)21)11-7-6-10(11)13(19)16(15)12(18)8-2-4-9(5-3-8)17(22)23/h2-7,10-11H,1H3,(H,20,21)/t10-,11+,15-/m0/s1. The summed E-state index contributed by atoms with van der Waals surface area (Å²) in [6, 6.07) is 4.70. The Bertz CT molecular complexity index is 769. The number of aliphatic carboxylic acids is 1. The summed E-state index contributed by atoms with van der Waals surface area (Å²) in [6.45, 7) is 1.34. The molecule has 0 bridgehead atoms. The van der Waals surface area contributed by atoms with E-state index >= 15 is 0 Å². The van der Waals surface area contributed by atoms with Gasteiger partial charge in [-0.15, -0.1) is 0 Å². The number of nitrogens with zero attached hydrogens (tertiary/aromatic N) is 2. The van der Waals surface area contributed by atoms with Crippen molar-refractivity contribution in [2.75, 3.05) is 0 Å². The summed E-state index contributed by atoms with van der Waals surface area (Å²) in [6.07, 6.45) is 3.19. The number of likely N-dealkylation sites (tertiary alicyclic amines) is 1. The summed E-state index contributed by atoms with van der Waals surface area (Å²) in [7, 11) is 0. The van der Waals surface area contributed by atoms with Crippen LogP contribution in [0.3, 0.4) is 0 Å². The molecule has 0 aromatic heterocycles. The zero-order valence-corrected chi connectivity index (χ0v) is 12.0. The average Bonchev–Trinajstić information content (AvgIpc) is 2.60. The summed E-state index contributed by atoms with van der Waals surface area (Å²) in [5.74, 6) is -3.78. The molecule has 1 aromatic rings. The fourth-order valence-corrected chi connectivity index (χ4v) is 3.04. The van der Waals surface area contributed by atoms with Gasteiger partial charge in [0.05, 0.1) is 10.8 Å². The first kappa shape index (κ1) is 14.9. The lowest BCUT2D eigenvalue weighted by atomic mass is 9.74. The number of rotatable bonds is 3. The van der Waals surface area contributed by atoms with Crippen LogP contribution in [0.4, 0.5) is 5.69 Å². The van der Waals surface area contributed by atoms with Gasteiger partial charge in [0.25, 0.3) is 11.6 Å². The van der Waals surface area contributed by atoms with Crippen LogP contribution in [-0.2, 0) is 9.59 Å². The zero-order valence-electron chi connectivity index (χ0n) is 12.0. The van der Waals surface area contributed by atoms with E-state index in [-0.39, 0.29) is 11.3 Å². The van der Waals surface area contributed by atoms with E-state index in [9.17, 15) is 29.6 Å². The van der Waals surface area contributed by atoms with Crippen molar-refractivity contribution in [2.24, 2.45) is 11.8 Å². The normalized spacial score (nSPS) is 28.2. The van der Waals surface area contributed by atoms with E-state index in [0.29, 0.717) is 0 Å². The number of imide groups is 1. The van der Waals surface area contributed by atoms with Crippen LogP contribution in [0.15, 0.2) is 36.4 Å². The molecule has 0 radical (unpaired) electrons. The van der Waals surface area contributed by atoms with Crippen molar-refractivity contribution < 1.29 is 24.4 Å². The third-order valence-electron chi connectivity index (χ3n) is 4.49. The predicted molar refractivity (Wildman–Crippen MR) is 76.4 cm³/mol. The van der Waals surface area contributed by atoms with Crippen LogP contribution < -0.4 is 0 Å². The predicted octanol–water partition coefficient (Wildman–Crippen LogP) is 1.22. The lowest BCUT2D eigenvalue weighted by Crippen LogP contribution is -2.55. The van der Waals surface area contributed by atoms with E-state index in [0.717, 1.165) is 17.0 Å². The average molecular weight is 316 g/mol. The number of carboxylic acids is 1. The van der Waals surface area contributed by atoms with E-state index < -0.39 is 40.1 Å². The molecule has 1 aliphatic heterocycles. The molecule has 3 rings (SSSR count). The molecule has 2 amide bonds. The van der Waals surface area contributed by atoms with Crippen molar-refractivity contribution in [1.29, 1.82) is 0 Å². The highest BCUT2D eigenvalue weighted by molar-refractivity contribution is 6.12. The highest BCUT2D eigenvalue weighted by atomic mass is 16.6. The molecule has 8 nitrogen and oxygen atoms in total. The molecule has 0 unspecified atom stereocenters. The van der Waals surface area contributed by atoms with Gasteiger partial charge >= 0.3 is 5.97 Å². The Hall–Kier alpha value is -3.03. The second kappa shape index (κ2) is 4.73. The van der Waals surface area contributed by atoms with Crippen molar-refractivity contribution in [2.45, 2.75) is 12.5 Å². The van der Waals surface area contributed by atoms with Gasteiger partial charge in [0.15, 0.2) is 5.54 Å². The lowest BCUT2D eigenvalue weighted by Gasteiger charge is -2.34. The van der Waals surface area contributed by atoms with Gasteiger partial charge in [0.2, 0.25) is 5.91 Å². The quantitative estimate of drug-likeness (QED) is 0.388. The number of carbonyl (C=O) groups is 3. The van der Waals surface area contributed by atoms with E-state index in [1.807, 2.05) is 0 Å². The van der Waals surface area contributed by atoms with Crippen molar-refractivity contribution in [3.05, 3.63) is 52.1 Å². The van der Waals surface area contributed by atoms with Gasteiger partial charge in [-0.25, -0.2) is 4.79 Å². The van der Waals surface area contributed by atoms with Gasteiger partial charge in [-0.3, -0.25) is 24.6 Å². The molecular weight excluding hydrogens is 304 g/mol. The highest BCUT2D eigenvalue weighted by Crippen LogP contribution is 2.47. The largest absolute Gasteiger partial charge is 0.479 e. The molecule has 1 N–H and O–H groups in total. The Labute approximate surface area is 130 Å². The van der Waals surface area contributed by atoms with Crippen molar-refractivity contribution in [1.82, 2.24) is 4.90 Å². The van der Waals surface area contributed by atoms with Crippen LogP contribution in [0, 0.1) is 22.0 Å². The summed E-state index contributed by atoms with van der Waals surface area (Å²) < 4.78 is 0. The number of non-ortho nitro benzene ring substituents is 1. The third-order valence-corrected chi connectivity index (χ3v) is 4.49. The summed E-state index contributed by atoms with van der Waals surface area (Å²) in [5, 5.41) is 20.2. The smallest absolute Gasteiger partial charge is 0.330 e. The summed E-state index contributed by atoms with van der Waals surface area (Å²) in [5.41, 5.74) is -1.83. The van der Waals surface area contributed by atoms with Crippen molar-refractivity contribution in [3.8, 4) is 0 Å². The molecule has 1 saturated heterocycles. The lowest BCUT2D eigenvalue weighted by molar-refractivity contribution is -0.384. The second-order valence-electron chi connectivity index (χ2n) is 5.67. The van der Waals surface area contributed by atoms with Gasteiger partial charge in [0, 0.05) is 23.6 Å². The molecule has 118 valence electrons. The molecular formula is C15H12N2O6. The third kappa shape index (κ3) is 1.88. The zero-order chi connectivity index (χ0) is 16.9. The molecule has 1 heterocycles. The first-order chi connectivity index (χ1) is 10.8. The summed E-state index contributed by atoms with van der Waals surface area (Å²) >= 11 is 0. The first-order valence-electron chi connectivity index (χ1n) is 6.83. The van der Waals surface area contributed by atoms with Gasteiger partial charge < -0.3 is 5.11 Å². The highest BCUT2D eigenvalue weighted by Gasteiger charge is 2.63.